The third-order valence-electron chi connectivity index (χ3n) is 2.49. The molecule has 0 bridgehead atoms. The van der Waals surface area contributed by atoms with E-state index in [0.29, 0.717) is 11.6 Å². The molecule has 2 aromatic rings. The molecule has 0 aliphatic rings. The van der Waals surface area contributed by atoms with E-state index >= 15 is 0 Å². The smallest absolute Gasteiger partial charge is 0.227 e. The average Bonchev–Trinajstić information content (AvgIpc) is 2.40. The lowest BCUT2D eigenvalue weighted by Gasteiger charge is -2.06. The molecule has 0 spiro atoms. The van der Waals surface area contributed by atoms with Crippen molar-refractivity contribution >= 4 is 11.6 Å². The highest BCUT2D eigenvalue weighted by molar-refractivity contribution is 5.53. The first kappa shape index (κ1) is 11.5. The van der Waals surface area contributed by atoms with Gasteiger partial charge in [0.1, 0.15) is 0 Å². The molecule has 4 heteroatoms. The largest absolute Gasteiger partial charge is 0.390 e. The fourth-order valence-corrected chi connectivity index (χ4v) is 1.50. The van der Waals surface area contributed by atoms with Gasteiger partial charge in [-0.25, -0.2) is 9.97 Å². The highest BCUT2D eigenvalue weighted by Crippen LogP contribution is 2.14. The number of nitrogens with one attached hydrogen (secondary N) is 1. The second-order valence-electron chi connectivity index (χ2n) is 3.71. The third kappa shape index (κ3) is 3.01. The van der Waals surface area contributed by atoms with Crippen LogP contribution in [0.5, 0.6) is 0 Å². The number of aromatic nitrogens is 2. The normalized spacial score (nSPS) is 10.2. The summed E-state index contributed by atoms with van der Waals surface area (Å²) in [5.41, 5.74) is 2.84. The molecule has 0 atom stereocenters. The minimum atomic E-state index is -0.0774. The van der Waals surface area contributed by atoms with Crippen molar-refractivity contribution in [3.8, 4) is 0 Å². The van der Waals surface area contributed by atoms with E-state index in [4.69, 9.17) is 5.11 Å². The maximum absolute atomic E-state index is 8.98. The van der Waals surface area contributed by atoms with Crippen molar-refractivity contribution in [1.29, 1.82) is 0 Å². The van der Waals surface area contributed by atoms with Gasteiger partial charge in [0.25, 0.3) is 0 Å². The lowest BCUT2D eigenvalue weighted by Crippen LogP contribution is -1.99. The molecule has 88 valence electrons. The van der Waals surface area contributed by atoms with E-state index in [2.05, 4.69) is 34.3 Å². The van der Waals surface area contributed by atoms with Crippen LogP contribution in [0.15, 0.2) is 36.5 Å². The Kier molecular flexibility index (Phi) is 3.67. The summed E-state index contributed by atoms with van der Waals surface area (Å²) >= 11 is 0. The predicted octanol–water partition coefficient (Wildman–Crippen LogP) is 2.27. The van der Waals surface area contributed by atoms with Gasteiger partial charge in [-0.3, -0.25) is 0 Å². The van der Waals surface area contributed by atoms with Crippen LogP contribution in [-0.4, -0.2) is 15.1 Å². The summed E-state index contributed by atoms with van der Waals surface area (Å²) in [6, 6.07) is 9.81. The summed E-state index contributed by atoms with van der Waals surface area (Å²) in [4.78, 5) is 8.25. The van der Waals surface area contributed by atoms with Crippen LogP contribution in [0.1, 0.15) is 18.2 Å². The lowest BCUT2D eigenvalue weighted by molar-refractivity contribution is 0.277. The summed E-state index contributed by atoms with van der Waals surface area (Å²) < 4.78 is 0. The molecule has 0 amide bonds. The van der Waals surface area contributed by atoms with Crippen LogP contribution >= 0.6 is 0 Å². The molecule has 0 saturated carbocycles. The van der Waals surface area contributed by atoms with Gasteiger partial charge in [-0.15, -0.1) is 0 Å². The van der Waals surface area contributed by atoms with Crippen molar-refractivity contribution in [1.82, 2.24) is 9.97 Å². The van der Waals surface area contributed by atoms with E-state index in [1.807, 2.05) is 12.1 Å². The van der Waals surface area contributed by atoms with Gasteiger partial charge in [-0.1, -0.05) is 19.1 Å². The van der Waals surface area contributed by atoms with Crippen molar-refractivity contribution < 1.29 is 5.11 Å². The molecule has 1 heterocycles. The number of hydrogen-bond acceptors (Lipinski definition) is 4. The maximum atomic E-state index is 8.98. The highest BCUT2D eigenvalue weighted by atomic mass is 16.3. The molecule has 4 nitrogen and oxygen atoms in total. The average molecular weight is 229 g/mol. The lowest BCUT2D eigenvalue weighted by atomic mass is 10.1. The van der Waals surface area contributed by atoms with Crippen LogP contribution < -0.4 is 5.32 Å². The zero-order valence-electron chi connectivity index (χ0n) is 9.72. The van der Waals surface area contributed by atoms with E-state index in [-0.39, 0.29) is 6.61 Å². The number of hydrogen-bond donors (Lipinski definition) is 2. The molecule has 17 heavy (non-hydrogen) atoms. The highest BCUT2D eigenvalue weighted by Gasteiger charge is 1.99. The first-order chi connectivity index (χ1) is 8.31. The molecule has 0 saturated heterocycles. The van der Waals surface area contributed by atoms with Gasteiger partial charge >= 0.3 is 0 Å². The third-order valence-corrected chi connectivity index (χ3v) is 2.49. The minimum Gasteiger partial charge on any atom is -0.390 e. The van der Waals surface area contributed by atoms with Crippen LogP contribution in [0.3, 0.4) is 0 Å². The summed E-state index contributed by atoms with van der Waals surface area (Å²) in [6.45, 7) is 2.04. The van der Waals surface area contributed by atoms with E-state index < -0.39 is 0 Å². The van der Waals surface area contributed by atoms with Crippen LogP contribution in [0, 0.1) is 0 Å². The molecular formula is C13H15N3O. The van der Waals surface area contributed by atoms with E-state index in [1.54, 1.807) is 12.3 Å². The monoisotopic (exact) mass is 229 g/mol. The molecule has 1 aromatic carbocycles. The summed E-state index contributed by atoms with van der Waals surface area (Å²) in [5, 5.41) is 12.1. The van der Waals surface area contributed by atoms with Crippen molar-refractivity contribution in [2.24, 2.45) is 0 Å². The van der Waals surface area contributed by atoms with Gasteiger partial charge in [0, 0.05) is 11.9 Å². The number of aliphatic hydroxyl groups excluding tert-OH is 1. The molecule has 0 radical (unpaired) electrons. The molecule has 1 aromatic heterocycles. The van der Waals surface area contributed by atoms with Crippen molar-refractivity contribution in [3.63, 3.8) is 0 Å². The number of benzene rings is 1. The second kappa shape index (κ2) is 5.41. The number of aryl methyl sites for hydroxylation is 1. The maximum Gasteiger partial charge on any atom is 0.227 e. The van der Waals surface area contributed by atoms with Crippen LogP contribution in [-0.2, 0) is 13.0 Å². The van der Waals surface area contributed by atoms with Gasteiger partial charge in [0.2, 0.25) is 5.95 Å². The summed E-state index contributed by atoms with van der Waals surface area (Å²) in [5.74, 6) is 0.501. The Morgan fingerprint density at radius 3 is 2.59 bits per heavy atom. The molecular weight excluding hydrogens is 214 g/mol. The Morgan fingerprint density at radius 1 is 1.18 bits per heavy atom. The topological polar surface area (TPSA) is 58.0 Å². The Bertz CT molecular complexity index is 482. The number of rotatable bonds is 4. The van der Waals surface area contributed by atoms with Gasteiger partial charge in [-0.05, 0) is 30.2 Å². The molecule has 2 N–H and O–H groups in total. The van der Waals surface area contributed by atoms with Gasteiger partial charge in [0.15, 0.2) is 0 Å². The van der Waals surface area contributed by atoms with Gasteiger partial charge in [0.05, 0.1) is 12.3 Å². The van der Waals surface area contributed by atoms with Crippen molar-refractivity contribution in [2.45, 2.75) is 20.0 Å². The van der Waals surface area contributed by atoms with E-state index in [0.717, 1.165) is 12.1 Å². The summed E-state index contributed by atoms with van der Waals surface area (Å²) in [6.07, 6.45) is 2.65. The number of anilines is 2. The van der Waals surface area contributed by atoms with E-state index in [9.17, 15) is 0 Å². The first-order valence-electron chi connectivity index (χ1n) is 5.60. The molecule has 2 rings (SSSR count). The number of aliphatic hydroxyl groups is 1. The fraction of sp³-hybridized carbons (Fsp3) is 0.231. The second-order valence-corrected chi connectivity index (χ2v) is 3.71. The van der Waals surface area contributed by atoms with Crippen LogP contribution in [0.25, 0.3) is 0 Å². The standard InChI is InChI=1S/C13H15N3O/c1-2-10-3-5-11(6-4-10)15-13-14-8-7-12(9-17)16-13/h3-8,17H,2,9H2,1H3,(H,14,15,16). The summed E-state index contributed by atoms with van der Waals surface area (Å²) in [7, 11) is 0. The Morgan fingerprint density at radius 2 is 1.94 bits per heavy atom. The van der Waals surface area contributed by atoms with Crippen LogP contribution in [0.4, 0.5) is 11.6 Å². The predicted molar refractivity (Wildman–Crippen MR) is 67.1 cm³/mol. The number of nitrogens with zero attached hydrogens (tertiary/aromatic N) is 2. The quantitative estimate of drug-likeness (QED) is 0.844. The molecule has 0 fully saturated rings. The van der Waals surface area contributed by atoms with Crippen molar-refractivity contribution in [2.75, 3.05) is 5.32 Å². The Hall–Kier alpha value is -1.94. The Balaban J connectivity index is 2.13. The van der Waals surface area contributed by atoms with E-state index in [1.165, 1.54) is 5.56 Å². The molecule has 0 aliphatic heterocycles. The van der Waals surface area contributed by atoms with Gasteiger partial charge < -0.3 is 10.4 Å². The first-order valence-corrected chi connectivity index (χ1v) is 5.60. The fourth-order valence-electron chi connectivity index (χ4n) is 1.50. The van der Waals surface area contributed by atoms with Crippen molar-refractivity contribution in [3.05, 3.63) is 47.8 Å². The zero-order valence-corrected chi connectivity index (χ0v) is 9.72. The minimum absolute atomic E-state index is 0.0774. The zero-order chi connectivity index (χ0) is 12.1. The van der Waals surface area contributed by atoms with Crippen LogP contribution in [0.2, 0.25) is 0 Å². The SMILES string of the molecule is CCc1ccc(Nc2nccc(CO)n2)cc1. The molecule has 0 aliphatic carbocycles. The molecule has 0 unspecified atom stereocenters. The van der Waals surface area contributed by atoms with Gasteiger partial charge in [-0.2, -0.15) is 0 Å². The Labute approximate surface area is 100 Å².